The number of H-pyrrole nitrogens is 1. The van der Waals surface area contributed by atoms with Gasteiger partial charge in [-0.15, -0.1) is 6.42 Å². The number of aromatic nitrogens is 1. The van der Waals surface area contributed by atoms with Gasteiger partial charge in [0.15, 0.2) is 0 Å². The number of nitrogens with one attached hydrogen (secondary N) is 3. The Bertz CT molecular complexity index is 1260. The number of terminal acetylenes is 1. The van der Waals surface area contributed by atoms with Gasteiger partial charge in [-0.3, -0.25) is 10.1 Å². The third-order valence-corrected chi connectivity index (χ3v) is 8.52. The highest BCUT2D eigenvalue weighted by Gasteiger charge is 2.73. The summed E-state index contributed by atoms with van der Waals surface area (Å²) in [6.45, 7) is 5.25. The quantitative estimate of drug-likeness (QED) is 0.298. The first-order chi connectivity index (χ1) is 18.3. The molecule has 2 atom stereocenters. The maximum Gasteiger partial charge on any atom is 0.407 e. The maximum absolute atomic E-state index is 14.8. The van der Waals surface area contributed by atoms with Crippen molar-refractivity contribution < 1.29 is 23.1 Å². The highest BCUT2D eigenvalue weighted by atomic mass is 19.1. The van der Waals surface area contributed by atoms with Gasteiger partial charge in [-0.2, -0.15) is 0 Å². The summed E-state index contributed by atoms with van der Waals surface area (Å²) in [6.07, 6.45) is 11.9. The van der Waals surface area contributed by atoms with Crippen molar-refractivity contribution in [3.8, 4) is 12.3 Å². The normalized spacial score (nSPS) is 27.2. The number of halogens is 2. The zero-order valence-electron chi connectivity index (χ0n) is 22.1. The van der Waals surface area contributed by atoms with Crippen LogP contribution < -0.4 is 10.6 Å². The van der Waals surface area contributed by atoms with Crippen molar-refractivity contribution in [3.05, 3.63) is 35.0 Å². The van der Waals surface area contributed by atoms with Gasteiger partial charge in [-0.25, -0.2) is 13.6 Å². The number of hydrogen-bond donors (Lipinski definition) is 3. The third kappa shape index (κ3) is 4.43. The Kier molecular flexibility index (Phi) is 7.12. The summed E-state index contributed by atoms with van der Waals surface area (Å²) in [5.74, 6) is 0.541. The molecule has 0 spiro atoms. The van der Waals surface area contributed by atoms with E-state index in [1.165, 1.54) is 6.07 Å². The van der Waals surface area contributed by atoms with Crippen LogP contribution in [-0.2, 0) is 16.0 Å². The average Bonchev–Trinajstić information content (AvgIpc) is 3.21. The van der Waals surface area contributed by atoms with Crippen LogP contribution in [0, 0.1) is 29.4 Å². The molecule has 2 aromatic rings. The molecule has 2 heterocycles. The molecule has 9 heteroatoms. The average molecular weight is 527 g/mol. The predicted molar refractivity (Wildman–Crippen MR) is 140 cm³/mol. The Morgan fingerprint density at radius 1 is 1.18 bits per heavy atom. The molecule has 0 unspecified atom stereocenters. The van der Waals surface area contributed by atoms with Crippen molar-refractivity contribution in [2.24, 2.45) is 5.41 Å². The van der Waals surface area contributed by atoms with Gasteiger partial charge in [-0.05, 0) is 56.2 Å². The Labute approximate surface area is 222 Å². The number of hydrogen-bond acceptors (Lipinski definition) is 4. The number of aromatic amines is 1. The molecular formula is C29H36F2N4O3. The molecule has 1 aliphatic heterocycles. The van der Waals surface area contributed by atoms with Gasteiger partial charge in [0.2, 0.25) is 0 Å². The Balaban J connectivity index is 1.45. The number of ether oxygens (including phenoxy) is 1. The summed E-state index contributed by atoms with van der Waals surface area (Å²) in [7, 11) is 0. The van der Waals surface area contributed by atoms with E-state index in [0.29, 0.717) is 49.9 Å². The molecule has 3 N–H and O–H groups in total. The van der Waals surface area contributed by atoms with Crippen LogP contribution in [0.5, 0.6) is 0 Å². The van der Waals surface area contributed by atoms with Crippen LogP contribution in [0.25, 0.3) is 10.9 Å². The fourth-order valence-electron chi connectivity index (χ4n) is 6.97. The van der Waals surface area contributed by atoms with Crippen LogP contribution in [-0.4, -0.2) is 46.7 Å². The molecule has 0 radical (unpaired) electrons. The molecule has 3 saturated carbocycles. The van der Waals surface area contributed by atoms with Gasteiger partial charge in [0.25, 0.3) is 5.91 Å². The SMILES string of the molecule is C#CC(=O)N1[C@@H](NCCCC)Cc2c([nH]c3c(F)cc(F)cc23)[C@@H]1C12CC(NC(=O)OCCCCC)(C1)C2. The number of alkyl carbamates (subject to hydrolysis) is 1. The van der Waals surface area contributed by atoms with Crippen LogP contribution in [0.15, 0.2) is 12.1 Å². The number of benzene rings is 1. The molecule has 6 rings (SSSR count). The summed E-state index contributed by atoms with van der Waals surface area (Å²) in [4.78, 5) is 30.5. The monoisotopic (exact) mass is 526 g/mol. The van der Waals surface area contributed by atoms with Crippen molar-refractivity contribution in [1.29, 1.82) is 0 Å². The number of rotatable bonds is 10. The summed E-state index contributed by atoms with van der Waals surface area (Å²) < 4.78 is 34.4. The van der Waals surface area contributed by atoms with Crippen LogP contribution in [0.4, 0.5) is 13.6 Å². The first kappa shape index (κ1) is 26.5. The molecule has 38 heavy (non-hydrogen) atoms. The lowest BCUT2D eigenvalue weighted by Crippen LogP contribution is -2.78. The third-order valence-electron chi connectivity index (χ3n) is 8.52. The van der Waals surface area contributed by atoms with E-state index in [9.17, 15) is 18.4 Å². The fraction of sp³-hybridized carbons (Fsp3) is 0.586. The van der Waals surface area contributed by atoms with Crippen molar-refractivity contribution in [2.45, 2.75) is 89.4 Å². The predicted octanol–water partition coefficient (Wildman–Crippen LogP) is 5.06. The molecule has 204 valence electrons. The van der Waals surface area contributed by atoms with E-state index < -0.39 is 35.8 Å². The second kappa shape index (κ2) is 10.2. The molecule has 1 aromatic carbocycles. The van der Waals surface area contributed by atoms with Crippen LogP contribution in [0.1, 0.15) is 82.5 Å². The first-order valence-electron chi connectivity index (χ1n) is 13.7. The van der Waals surface area contributed by atoms with E-state index in [-0.39, 0.29) is 16.5 Å². The number of carbonyl (C=O) groups is 2. The van der Waals surface area contributed by atoms with Crippen LogP contribution in [0.3, 0.4) is 0 Å². The first-order valence-corrected chi connectivity index (χ1v) is 13.7. The minimum absolute atomic E-state index is 0.235. The van der Waals surface area contributed by atoms with E-state index in [0.717, 1.165) is 43.7 Å². The minimum Gasteiger partial charge on any atom is -0.450 e. The lowest BCUT2D eigenvalue weighted by Gasteiger charge is -2.74. The number of amides is 2. The summed E-state index contributed by atoms with van der Waals surface area (Å²) in [5.41, 5.74) is 1.03. The van der Waals surface area contributed by atoms with E-state index >= 15 is 0 Å². The highest BCUT2D eigenvalue weighted by Crippen LogP contribution is 2.74. The molecular weight excluding hydrogens is 490 g/mol. The van der Waals surface area contributed by atoms with Crippen molar-refractivity contribution >= 4 is 22.9 Å². The zero-order chi connectivity index (χ0) is 27.1. The van der Waals surface area contributed by atoms with Gasteiger partial charge in [0, 0.05) is 34.5 Å². The van der Waals surface area contributed by atoms with Gasteiger partial charge in [0.05, 0.1) is 24.3 Å². The summed E-state index contributed by atoms with van der Waals surface area (Å²) in [5, 5.41) is 7.00. The lowest BCUT2D eigenvalue weighted by atomic mass is 9.36. The van der Waals surface area contributed by atoms with E-state index in [4.69, 9.17) is 11.2 Å². The smallest absolute Gasteiger partial charge is 0.407 e. The maximum atomic E-state index is 14.8. The molecule has 2 amide bonds. The number of fused-ring (bicyclic) bond motifs is 3. The molecule has 7 nitrogen and oxygen atoms in total. The highest BCUT2D eigenvalue weighted by molar-refractivity contribution is 5.94. The van der Waals surface area contributed by atoms with Gasteiger partial charge in [-0.1, -0.05) is 33.1 Å². The molecule has 0 saturated heterocycles. The number of carbonyl (C=O) groups excluding carboxylic acids is 2. The van der Waals surface area contributed by atoms with E-state index in [1.807, 2.05) is 0 Å². The Morgan fingerprint density at radius 2 is 1.92 bits per heavy atom. The Morgan fingerprint density at radius 3 is 2.61 bits per heavy atom. The molecule has 3 aliphatic carbocycles. The number of nitrogens with zero attached hydrogens (tertiary/aromatic N) is 1. The van der Waals surface area contributed by atoms with Crippen molar-refractivity contribution in [2.75, 3.05) is 13.2 Å². The molecule has 4 aliphatic rings. The van der Waals surface area contributed by atoms with Crippen molar-refractivity contribution in [1.82, 2.24) is 20.5 Å². The summed E-state index contributed by atoms with van der Waals surface area (Å²) >= 11 is 0. The lowest BCUT2D eigenvalue weighted by molar-refractivity contribution is -0.207. The molecule has 2 bridgehead atoms. The van der Waals surface area contributed by atoms with Crippen molar-refractivity contribution in [3.63, 3.8) is 0 Å². The van der Waals surface area contributed by atoms with E-state index in [1.54, 1.807) is 4.90 Å². The van der Waals surface area contributed by atoms with Gasteiger partial charge >= 0.3 is 6.09 Å². The molecule has 1 aromatic heterocycles. The Hall–Kier alpha value is -3.12. The zero-order valence-corrected chi connectivity index (χ0v) is 22.1. The standard InChI is InChI=1S/C29H36F2N4O3/c1-4-7-9-11-38-27(37)34-29-15-28(16-29,17-29)26-25-20(19-12-18(30)13-21(31)24(19)33-25)14-22(32-10-8-5-2)35(26)23(36)6-3/h3,12-13,22,26,32-33H,4-5,7-11,14-17H2,1-2H3,(H,34,37)/t22-,26-,28?,29?/m1/s1. The largest absolute Gasteiger partial charge is 0.450 e. The second-order valence-electron chi connectivity index (χ2n) is 11.3. The van der Waals surface area contributed by atoms with Gasteiger partial charge in [0.1, 0.15) is 11.6 Å². The van der Waals surface area contributed by atoms with Crippen LogP contribution in [0.2, 0.25) is 0 Å². The fourth-order valence-corrected chi connectivity index (χ4v) is 6.97. The topological polar surface area (TPSA) is 86.5 Å². The second-order valence-corrected chi connectivity index (χ2v) is 11.3. The van der Waals surface area contributed by atoms with Gasteiger partial charge < -0.3 is 19.9 Å². The van der Waals surface area contributed by atoms with E-state index in [2.05, 4.69) is 35.4 Å². The number of unbranched alkanes of at least 4 members (excludes halogenated alkanes) is 3. The summed E-state index contributed by atoms with van der Waals surface area (Å²) in [6, 6.07) is 1.77. The molecule has 3 fully saturated rings. The minimum atomic E-state index is -0.667. The van der Waals surface area contributed by atoms with Crippen LogP contribution >= 0.6 is 0 Å².